The average molecular weight is 307 g/mol. The van der Waals surface area contributed by atoms with Crippen LogP contribution in [0.5, 0.6) is 0 Å². The lowest BCUT2D eigenvalue weighted by Gasteiger charge is -2.27. The predicted octanol–water partition coefficient (Wildman–Crippen LogP) is 4.98. The fraction of sp³-hybridized carbons (Fsp3) is 0.438. The minimum Gasteiger partial charge on any atom is -0.383 e. The predicted molar refractivity (Wildman–Crippen MR) is 90.0 cm³/mol. The first-order chi connectivity index (χ1) is 9.72. The molecule has 1 fully saturated rings. The molecule has 0 radical (unpaired) electrons. The molecule has 1 saturated carbocycles. The van der Waals surface area contributed by atoms with Gasteiger partial charge in [0, 0.05) is 33.6 Å². The van der Waals surface area contributed by atoms with Crippen LogP contribution in [0.25, 0.3) is 10.9 Å². The van der Waals surface area contributed by atoms with Gasteiger partial charge in [0.1, 0.15) is 0 Å². The molecule has 0 spiro atoms. The van der Waals surface area contributed by atoms with Crippen molar-refractivity contribution in [2.24, 2.45) is 0 Å². The minimum absolute atomic E-state index is 0.405. The number of pyridine rings is 1. The molecule has 20 heavy (non-hydrogen) atoms. The third kappa shape index (κ3) is 2.75. The van der Waals surface area contributed by atoms with Gasteiger partial charge in [0.05, 0.1) is 5.52 Å². The quantitative estimate of drug-likeness (QED) is 0.862. The molecule has 4 heteroatoms. The molecule has 2 aromatic rings. The zero-order chi connectivity index (χ0) is 14.0. The summed E-state index contributed by atoms with van der Waals surface area (Å²) in [7, 11) is 0. The van der Waals surface area contributed by atoms with E-state index < -0.39 is 0 Å². The van der Waals surface area contributed by atoms with Crippen molar-refractivity contribution in [2.45, 2.75) is 30.4 Å². The van der Waals surface area contributed by atoms with Crippen molar-refractivity contribution in [1.82, 2.24) is 4.98 Å². The molecule has 106 valence electrons. The maximum Gasteiger partial charge on any atom is 0.0737 e. The molecular weight excluding hydrogens is 288 g/mol. The molecule has 1 N–H and O–H groups in total. The Kier molecular flexibility index (Phi) is 4.08. The number of anilines is 1. The lowest BCUT2D eigenvalue weighted by molar-refractivity contribution is 0.640. The van der Waals surface area contributed by atoms with Crippen molar-refractivity contribution in [1.29, 1.82) is 0 Å². The first kappa shape index (κ1) is 14.0. The first-order valence-electron chi connectivity index (χ1n) is 7.06. The Labute approximate surface area is 129 Å². The van der Waals surface area contributed by atoms with Gasteiger partial charge >= 0.3 is 0 Å². The highest BCUT2D eigenvalue weighted by atomic mass is 35.5. The summed E-state index contributed by atoms with van der Waals surface area (Å²) in [5, 5.41) is 5.52. The Morgan fingerprint density at radius 3 is 2.85 bits per heavy atom. The van der Waals surface area contributed by atoms with Crippen LogP contribution < -0.4 is 5.32 Å². The van der Waals surface area contributed by atoms with Crippen molar-refractivity contribution < 1.29 is 0 Å². The van der Waals surface area contributed by atoms with Gasteiger partial charge < -0.3 is 5.32 Å². The number of nitrogens with one attached hydrogen (secondary N) is 1. The van der Waals surface area contributed by atoms with Gasteiger partial charge in [-0.2, -0.15) is 11.8 Å². The van der Waals surface area contributed by atoms with Crippen LogP contribution in [0.1, 0.15) is 25.7 Å². The van der Waals surface area contributed by atoms with Crippen LogP contribution in [-0.2, 0) is 0 Å². The van der Waals surface area contributed by atoms with Crippen LogP contribution in [0.2, 0.25) is 5.02 Å². The lowest BCUT2D eigenvalue weighted by atomic mass is 10.1. The maximum atomic E-state index is 6.03. The van der Waals surface area contributed by atoms with Gasteiger partial charge in [0.25, 0.3) is 0 Å². The van der Waals surface area contributed by atoms with Gasteiger partial charge in [0.15, 0.2) is 0 Å². The summed E-state index contributed by atoms with van der Waals surface area (Å²) in [5.41, 5.74) is 2.11. The molecule has 1 heterocycles. The zero-order valence-corrected chi connectivity index (χ0v) is 13.2. The van der Waals surface area contributed by atoms with E-state index in [1.54, 1.807) is 0 Å². The largest absolute Gasteiger partial charge is 0.383 e. The van der Waals surface area contributed by atoms with E-state index in [9.17, 15) is 0 Å². The second-order valence-electron chi connectivity index (χ2n) is 5.47. The van der Waals surface area contributed by atoms with Crippen molar-refractivity contribution in [3.8, 4) is 0 Å². The molecule has 0 aliphatic heterocycles. The van der Waals surface area contributed by atoms with E-state index >= 15 is 0 Å². The molecule has 0 bridgehead atoms. The molecule has 1 aliphatic rings. The number of aromatic nitrogens is 1. The number of hydrogen-bond donors (Lipinski definition) is 1. The Bertz CT molecular complexity index is 608. The molecule has 1 aromatic heterocycles. The lowest BCUT2D eigenvalue weighted by Crippen LogP contribution is -2.30. The van der Waals surface area contributed by atoms with Gasteiger partial charge in [-0.25, -0.2) is 0 Å². The summed E-state index contributed by atoms with van der Waals surface area (Å²) < 4.78 is 0.405. The minimum atomic E-state index is 0.405. The molecule has 0 saturated heterocycles. The molecule has 0 unspecified atom stereocenters. The Hall–Kier alpha value is -0.930. The zero-order valence-electron chi connectivity index (χ0n) is 11.7. The monoisotopic (exact) mass is 306 g/mol. The van der Waals surface area contributed by atoms with Crippen LogP contribution in [0, 0.1) is 0 Å². The van der Waals surface area contributed by atoms with Crippen LogP contribution in [0.3, 0.4) is 0 Å². The Balaban J connectivity index is 1.84. The van der Waals surface area contributed by atoms with Crippen LogP contribution in [0.15, 0.2) is 30.5 Å². The molecule has 0 atom stereocenters. The highest BCUT2D eigenvalue weighted by Crippen LogP contribution is 2.40. The number of hydrogen-bond acceptors (Lipinski definition) is 3. The number of nitrogens with zero attached hydrogens (tertiary/aromatic N) is 1. The van der Waals surface area contributed by atoms with Crippen molar-refractivity contribution in [2.75, 3.05) is 18.1 Å². The molecule has 1 aliphatic carbocycles. The van der Waals surface area contributed by atoms with Gasteiger partial charge in [-0.05, 0) is 43.4 Å². The number of rotatable bonds is 4. The first-order valence-corrected chi connectivity index (χ1v) is 8.66. The fourth-order valence-electron chi connectivity index (χ4n) is 3.00. The number of fused-ring (bicyclic) bond motifs is 1. The Morgan fingerprint density at radius 2 is 2.10 bits per heavy atom. The van der Waals surface area contributed by atoms with Crippen LogP contribution in [-0.4, -0.2) is 22.5 Å². The normalized spacial score (nSPS) is 17.5. The van der Waals surface area contributed by atoms with Crippen LogP contribution >= 0.6 is 23.4 Å². The second-order valence-corrected chi connectivity index (χ2v) is 7.18. The third-order valence-electron chi connectivity index (χ3n) is 4.25. The van der Waals surface area contributed by atoms with E-state index in [-0.39, 0.29) is 0 Å². The Morgan fingerprint density at radius 1 is 1.30 bits per heavy atom. The number of thioether (sulfide) groups is 1. The highest BCUT2D eigenvalue weighted by molar-refractivity contribution is 8.00. The van der Waals surface area contributed by atoms with Gasteiger partial charge in [-0.15, -0.1) is 0 Å². The van der Waals surface area contributed by atoms with Gasteiger partial charge in [-0.1, -0.05) is 24.4 Å². The third-order valence-corrected chi connectivity index (χ3v) is 5.91. The van der Waals surface area contributed by atoms with Crippen molar-refractivity contribution >= 4 is 40.0 Å². The molecule has 3 rings (SSSR count). The van der Waals surface area contributed by atoms with Crippen LogP contribution in [0.4, 0.5) is 5.69 Å². The van der Waals surface area contributed by atoms with Gasteiger partial charge in [-0.3, -0.25) is 4.98 Å². The topological polar surface area (TPSA) is 24.9 Å². The highest BCUT2D eigenvalue weighted by Gasteiger charge is 2.32. The smallest absolute Gasteiger partial charge is 0.0737 e. The van der Waals surface area contributed by atoms with E-state index in [2.05, 4.69) is 22.6 Å². The fourth-order valence-corrected chi connectivity index (χ4v) is 4.08. The molecule has 2 nitrogen and oxygen atoms in total. The molecular formula is C16H19ClN2S. The molecule has 1 aromatic carbocycles. The van der Waals surface area contributed by atoms with E-state index in [0.717, 1.165) is 28.2 Å². The summed E-state index contributed by atoms with van der Waals surface area (Å²) in [6.45, 7) is 1.02. The number of halogens is 1. The SMILES string of the molecule is CSC1(CNc2ccnc3cc(Cl)ccc23)CCCC1. The second kappa shape index (κ2) is 5.82. The summed E-state index contributed by atoms with van der Waals surface area (Å²) in [5.74, 6) is 0. The van der Waals surface area contributed by atoms with E-state index in [1.165, 1.54) is 25.7 Å². The summed E-state index contributed by atoms with van der Waals surface area (Å²) in [6.07, 6.45) is 9.43. The van der Waals surface area contributed by atoms with E-state index in [4.69, 9.17) is 11.6 Å². The van der Waals surface area contributed by atoms with Crippen molar-refractivity contribution in [3.05, 3.63) is 35.5 Å². The standard InChI is InChI=1S/C16H19ClN2S/c1-20-16(7-2-3-8-16)11-19-14-6-9-18-15-10-12(17)4-5-13(14)15/h4-6,9-10H,2-3,7-8,11H2,1H3,(H,18,19). The summed E-state index contributed by atoms with van der Waals surface area (Å²) in [4.78, 5) is 4.39. The maximum absolute atomic E-state index is 6.03. The van der Waals surface area contributed by atoms with Gasteiger partial charge in [0.2, 0.25) is 0 Å². The summed E-state index contributed by atoms with van der Waals surface area (Å²) >= 11 is 8.04. The van der Waals surface area contributed by atoms with Crippen molar-refractivity contribution in [3.63, 3.8) is 0 Å². The average Bonchev–Trinajstić information content (AvgIpc) is 2.94. The van der Waals surface area contributed by atoms with E-state index in [1.807, 2.05) is 36.2 Å². The summed E-state index contributed by atoms with van der Waals surface area (Å²) in [6, 6.07) is 7.95. The molecule has 0 amide bonds. The van der Waals surface area contributed by atoms with E-state index in [0.29, 0.717) is 4.75 Å². The number of benzene rings is 1.